The van der Waals surface area contributed by atoms with Crippen LogP contribution in [0.2, 0.25) is 0 Å². The highest BCUT2D eigenvalue weighted by Crippen LogP contribution is 2.33. The van der Waals surface area contributed by atoms with Crippen molar-refractivity contribution in [2.45, 2.75) is 52.4 Å². The van der Waals surface area contributed by atoms with Gasteiger partial charge in [0.15, 0.2) is 17.5 Å². The molecule has 0 unspecified atom stereocenters. The highest BCUT2D eigenvalue weighted by molar-refractivity contribution is 5.76. The molecule has 0 aliphatic rings. The molecule has 0 fully saturated rings. The Morgan fingerprint density at radius 2 is 0.438 bits per heavy atom. The molecule has 9 rings (SSSR count). The second-order valence-corrected chi connectivity index (χ2v) is 18.7. The number of hydrogen-bond donors (Lipinski definition) is 0. The van der Waals surface area contributed by atoms with Gasteiger partial charge in [-0.1, -0.05) is 248 Å². The highest BCUT2D eigenvalue weighted by Gasteiger charge is 2.16. The van der Waals surface area contributed by atoms with Crippen molar-refractivity contribution in [3.8, 4) is 89.8 Å². The van der Waals surface area contributed by atoms with Crippen LogP contribution < -0.4 is 0 Å². The van der Waals surface area contributed by atoms with Gasteiger partial charge in [0.05, 0.1) is 0 Å². The molecule has 0 bridgehead atoms. The molecular weight excluding hydrogens is 775 g/mol. The lowest BCUT2D eigenvalue weighted by Crippen LogP contribution is -2.10. The first-order valence-corrected chi connectivity index (χ1v) is 22.1. The van der Waals surface area contributed by atoms with Gasteiger partial charge in [0.25, 0.3) is 0 Å². The van der Waals surface area contributed by atoms with Crippen molar-refractivity contribution >= 4 is 6.08 Å². The molecule has 0 N–H and O–H groups in total. The Hall–Kier alpha value is -7.49. The summed E-state index contributed by atoms with van der Waals surface area (Å²) in [5.41, 5.74) is 18.5. The van der Waals surface area contributed by atoms with E-state index in [0.717, 1.165) is 55.6 Å². The largest absolute Gasteiger partial charge is 0.208 e. The zero-order valence-corrected chi connectivity index (χ0v) is 37.6. The zero-order chi connectivity index (χ0) is 44.4. The Morgan fingerprint density at radius 3 is 0.625 bits per heavy atom. The number of aromatic nitrogens is 3. The van der Waals surface area contributed by atoms with Crippen LogP contribution in [0.25, 0.3) is 95.9 Å². The summed E-state index contributed by atoms with van der Waals surface area (Å²) in [5, 5.41) is 0. The molecule has 0 saturated heterocycles. The lowest BCUT2D eigenvalue weighted by atomic mass is 9.86. The van der Waals surface area contributed by atoms with Crippen molar-refractivity contribution in [1.82, 2.24) is 15.0 Å². The van der Waals surface area contributed by atoms with E-state index in [4.69, 9.17) is 15.0 Å². The summed E-state index contributed by atoms with van der Waals surface area (Å²) in [4.78, 5) is 15.2. The fraction of sp³-hybridized carbons (Fsp3) is 0.131. The molecule has 0 atom stereocenters. The van der Waals surface area contributed by atoms with Crippen LogP contribution in [0, 0.1) is 0 Å². The van der Waals surface area contributed by atoms with E-state index >= 15 is 0 Å². The Morgan fingerprint density at radius 1 is 0.266 bits per heavy atom. The molecule has 9 aromatic rings. The van der Waals surface area contributed by atoms with Gasteiger partial charge in [-0.25, -0.2) is 15.0 Å². The smallest absolute Gasteiger partial charge is 0.164 e. The normalized spacial score (nSPS) is 11.7. The second kappa shape index (κ2) is 17.3. The molecule has 0 saturated carbocycles. The van der Waals surface area contributed by atoms with E-state index in [9.17, 15) is 0 Å². The molecule has 0 spiro atoms. The van der Waals surface area contributed by atoms with Crippen LogP contribution >= 0.6 is 0 Å². The van der Waals surface area contributed by atoms with Crippen molar-refractivity contribution in [3.05, 3.63) is 217 Å². The maximum Gasteiger partial charge on any atom is 0.164 e. The molecule has 64 heavy (non-hydrogen) atoms. The first kappa shape index (κ1) is 41.8. The van der Waals surface area contributed by atoms with Crippen LogP contribution in [-0.2, 0) is 10.8 Å². The minimum Gasteiger partial charge on any atom is -0.208 e. The number of rotatable bonds is 9. The van der Waals surface area contributed by atoms with Crippen LogP contribution in [0.1, 0.15) is 58.2 Å². The van der Waals surface area contributed by atoms with E-state index in [1.807, 2.05) is 6.08 Å². The lowest BCUT2D eigenvalue weighted by Gasteiger charge is -2.19. The van der Waals surface area contributed by atoms with Crippen molar-refractivity contribution in [1.29, 1.82) is 0 Å². The van der Waals surface area contributed by atoms with Gasteiger partial charge in [-0.2, -0.15) is 0 Å². The summed E-state index contributed by atoms with van der Waals surface area (Å²) in [7, 11) is 0. The first-order chi connectivity index (χ1) is 30.9. The minimum absolute atomic E-state index is 0.130. The summed E-state index contributed by atoms with van der Waals surface area (Å²) in [5.74, 6) is 1.87. The van der Waals surface area contributed by atoms with E-state index in [-0.39, 0.29) is 10.8 Å². The average Bonchev–Trinajstić information content (AvgIpc) is 3.34. The Balaban J connectivity index is 1.00. The van der Waals surface area contributed by atoms with Gasteiger partial charge in [0.2, 0.25) is 0 Å². The number of nitrogens with zero attached hydrogens (tertiary/aromatic N) is 3. The van der Waals surface area contributed by atoms with Gasteiger partial charge < -0.3 is 0 Å². The first-order valence-electron chi connectivity index (χ1n) is 22.1. The SMILES string of the molecule is C=Cc1ccc(-c2ccc(-c3nc(-c4ccc(-c5ccc(-c6ccc(C(C)(C)C)cc6)cc5)cc4)nc(-c4ccc(-c5ccc(-c6ccc(C(C)(C)C)cc6)cc5)cc4)n3)cc2)cc1. The maximum absolute atomic E-state index is 5.09. The molecule has 0 radical (unpaired) electrons. The van der Waals surface area contributed by atoms with Gasteiger partial charge in [-0.3, -0.25) is 0 Å². The average molecular weight is 828 g/mol. The summed E-state index contributed by atoms with van der Waals surface area (Å²) in [6.45, 7) is 17.4. The van der Waals surface area contributed by atoms with Gasteiger partial charge in [0.1, 0.15) is 0 Å². The predicted molar refractivity (Wildman–Crippen MR) is 271 cm³/mol. The molecule has 0 aliphatic carbocycles. The van der Waals surface area contributed by atoms with E-state index in [1.165, 1.54) is 33.4 Å². The van der Waals surface area contributed by atoms with E-state index in [2.05, 4.69) is 242 Å². The predicted octanol–water partition coefficient (Wildman–Crippen LogP) is 16.4. The maximum atomic E-state index is 5.09. The van der Waals surface area contributed by atoms with Crippen LogP contribution in [0.15, 0.2) is 201 Å². The molecule has 0 amide bonds. The molecule has 3 nitrogen and oxygen atoms in total. The molecular formula is C61H53N3. The van der Waals surface area contributed by atoms with Gasteiger partial charge in [-0.15, -0.1) is 0 Å². The van der Waals surface area contributed by atoms with Crippen molar-refractivity contribution in [3.63, 3.8) is 0 Å². The lowest BCUT2D eigenvalue weighted by molar-refractivity contribution is 0.590. The third-order valence-electron chi connectivity index (χ3n) is 12.1. The summed E-state index contributed by atoms with van der Waals surface area (Å²) >= 11 is 0. The van der Waals surface area contributed by atoms with Crippen molar-refractivity contribution < 1.29 is 0 Å². The van der Waals surface area contributed by atoms with Crippen LogP contribution in [0.3, 0.4) is 0 Å². The van der Waals surface area contributed by atoms with Gasteiger partial charge in [0, 0.05) is 16.7 Å². The third-order valence-corrected chi connectivity index (χ3v) is 12.1. The Kier molecular flexibility index (Phi) is 11.3. The summed E-state index contributed by atoms with van der Waals surface area (Å²) in [6.07, 6.45) is 1.86. The summed E-state index contributed by atoms with van der Waals surface area (Å²) < 4.78 is 0. The van der Waals surface area contributed by atoms with Crippen LogP contribution in [-0.4, -0.2) is 15.0 Å². The quantitative estimate of drug-likeness (QED) is 0.145. The van der Waals surface area contributed by atoms with Crippen molar-refractivity contribution in [2.24, 2.45) is 0 Å². The molecule has 1 heterocycles. The fourth-order valence-electron chi connectivity index (χ4n) is 8.05. The molecule has 8 aromatic carbocycles. The Bertz CT molecular complexity index is 2860. The van der Waals surface area contributed by atoms with Crippen LogP contribution in [0.4, 0.5) is 0 Å². The van der Waals surface area contributed by atoms with Crippen molar-refractivity contribution in [2.75, 3.05) is 0 Å². The molecule has 0 aliphatic heterocycles. The Labute approximate surface area is 379 Å². The fourth-order valence-corrected chi connectivity index (χ4v) is 8.05. The second-order valence-electron chi connectivity index (χ2n) is 18.7. The zero-order valence-electron chi connectivity index (χ0n) is 37.6. The topological polar surface area (TPSA) is 38.7 Å². The highest BCUT2D eigenvalue weighted by atomic mass is 15.0. The standard InChI is InChI=1S/C61H53N3/c1-8-41-9-11-42(12-10-41)47-21-27-52(28-22-47)57-62-58(53-29-23-48(24-30-53)43-13-17-45(18-14-43)50-33-37-55(38-34-50)60(2,3)4)64-59(63-57)54-31-25-49(26-32-54)44-15-19-46(20-16-44)51-35-39-56(40-36-51)61(5,6)7/h8-40H,1H2,2-7H3. The van der Waals surface area contributed by atoms with Crippen LogP contribution in [0.5, 0.6) is 0 Å². The molecule has 312 valence electrons. The van der Waals surface area contributed by atoms with Gasteiger partial charge >= 0.3 is 0 Å². The van der Waals surface area contributed by atoms with E-state index < -0.39 is 0 Å². The monoisotopic (exact) mass is 827 g/mol. The van der Waals surface area contributed by atoms with E-state index in [0.29, 0.717) is 17.5 Å². The number of benzene rings is 8. The molecule has 3 heteroatoms. The van der Waals surface area contributed by atoms with E-state index in [1.54, 1.807) is 0 Å². The van der Waals surface area contributed by atoms with Gasteiger partial charge in [-0.05, 0) is 83.2 Å². The number of hydrogen-bond acceptors (Lipinski definition) is 3. The molecule has 1 aromatic heterocycles. The minimum atomic E-state index is 0.130. The third kappa shape index (κ3) is 9.16. The summed E-state index contributed by atoms with van der Waals surface area (Å²) in [6, 6.07) is 69.3.